The molecule has 6 nitrogen and oxygen atoms in total. The minimum atomic E-state index is -0.0244. The van der Waals surface area contributed by atoms with Crippen molar-refractivity contribution in [1.82, 2.24) is 0 Å². The standard InChI is InChI=1S/C18H18Cl2N2O4/c19-11-5-7-17(23)13(9-11)15(21-25)3-1-2-4-16(22-26)14-10-12(20)6-8-18(14)24/h5-10,23-26H,1-4H2/b21-15-,22-16-. The Balaban J connectivity index is 1.98. The molecule has 0 saturated heterocycles. The molecule has 0 fully saturated rings. The second-order valence-electron chi connectivity index (χ2n) is 5.62. The topological polar surface area (TPSA) is 106 Å². The lowest BCUT2D eigenvalue weighted by atomic mass is 9.99. The maximum atomic E-state index is 9.88. The van der Waals surface area contributed by atoms with Gasteiger partial charge in [-0.05, 0) is 62.1 Å². The third kappa shape index (κ3) is 5.03. The van der Waals surface area contributed by atoms with E-state index in [0.717, 1.165) is 0 Å². The van der Waals surface area contributed by atoms with Gasteiger partial charge in [0.1, 0.15) is 11.5 Å². The molecule has 0 amide bonds. The van der Waals surface area contributed by atoms with Crippen LogP contribution in [0.25, 0.3) is 0 Å². The van der Waals surface area contributed by atoms with E-state index < -0.39 is 0 Å². The van der Waals surface area contributed by atoms with Gasteiger partial charge in [0, 0.05) is 21.2 Å². The van der Waals surface area contributed by atoms with Crippen molar-refractivity contribution in [3.8, 4) is 11.5 Å². The Morgan fingerprint density at radius 3 is 1.46 bits per heavy atom. The highest BCUT2D eigenvalue weighted by atomic mass is 35.5. The first kappa shape index (κ1) is 19.9. The molecule has 0 aliphatic carbocycles. The summed E-state index contributed by atoms with van der Waals surface area (Å²) in [6.45, 7) is 0. The summed E-state index contributed by atoms with van der Waals surface area (Å²) in [4.78, 5) is 0. The number of phenols is 2. The molecular formula is C18H18Cl2N2O4. The maximum Gasteiger partial charge on any atom is 0.124 e. The van der Waals surface area contributed by atoms with Crippen LogP contribution in [0, 0.1) is 0 Å². The fourth-order valence-corrected chi connectivity index (χ4v) is 2.88. The molecule has 0 atom stereocenters. The van der Waals surface area contributed by atoms with E-state index in [-0.39, 0.29) is 11.5 Å². The SMILES string of the molecule is O/N=C(/CCCC/C(=N/O)c1cc(Cl)ccc1O)c1cc(Cl)ccc1O. The van der Waals surface area contributed by atoms with E-state index in [2.05, 4.69) is 10.3 Å². The molecule has 2 aromatic rings. The van der Waals surface area contributed by atoms with Crippen molar-refractivity contribution in [3.05, 3.63) is 57.6 Å². The molecule has 0 bridgehead atoms. The van der Waals surface area contributed by atoms with Crippen LogP contribution in [0.1, 0.15) is 36.8 Å². The number of rotatable bonds is 7. The van der Waals surface area contributed by atoms with Gasteiger partial charge in [-0.2, -0.15) is 0 Å². The van der Waals surface area contributed by atoms with Gasteiger partial charge < -0.3 is 20.6 Å². The summed E-state index contributed by atoms with van der Waals surface area (Å²) in [6, 6.07) is 8.99. The van der Waals surface area contributed by atoms with Gasteiger partial charge >= 0.3 is 0 Å². The highest BCUT2D eigenvalue weighted by Gasteiger charge is 2.13. The summed E-state index contributed by atoms with van der Waals surface area (Å²) in [6.07, 6.45) is 1.94. The van der Waals surface area contributed by atoms with Crippen molar-refractivity contribution in [2.24, 2.45) is 10.3 Å². The molecule has 0 saturated carbocycles. The normalized spacial score (nSPS) is 12.4. The second kappa shape index (κ2) is 9.31. The predicted molar refractivity (Wildman–Crippen MR) is 101 cm³/mol. The molecule has 2 aromatic carbocycles. The number of phenolic OH excluding ortho intramolecular Hbond substituents is 2. The highest BCUT2D eigenvalue weighted by Crippen LogP contribution is 2.26. The lowest BCUT2D eigenvalue weighted by Gasteiger charge is -2.09. The summed E-state index contributed by atoms with van der Waals surface area (Å²) >= 11 is 11.8. The molecule has 0 radical (unpaired) electrons. The third-order valence-corrected chi connectivity index (χ3v) is 4.33. The van der Waals surface area contributed by atoms with Crippen LogP contribution in [0.15, 0.2) is 46.7 Å². The first-order chi connectivity index (χ1) is 12.5. The summed E-state index contributed by atoms with van der Waals surface area (Å²) in [7, 11) is 0. The molecule has 0 aromatic heterocycles. The van der Waals surface area contributed by atoms with Gasteiger partial charge in [0.05, 0.1) is 11.4 Å². The summed E-state index contributed by atoms with van der Waals surface area (Å²) < 4.78 is 0. The Morgan fingerprint density at radius 1 is 0.731 bits per heavy atom. The van der Waals surface area contributed by atoms with E-state index in [9.17, 15) is 20.6 Å². The Labute approximate surface area is 160 Å². The fraction of sp³-hybridized carbons (Fsp3) is 0.222. The number of hydrogen-bond acceptors (Lipinski definition) is 6. The maximum absolute atomic E-state index is 9.88. The second-order valence-corrected chi connectivity index (χ2v) is 6.50. The lowest BCUT2D eigenvalue weighted by Crippen LogP contribution is -2.05. The van der Waals surface area contributed by atoms with Gasteiger partial charge in [-0.25, -0.2) is 0 Å². The molecule has 26 heavy (non-hydrogen) atoms. The average molecular weight is 397 g/mol. The number of benzene rings is 2. The van der Waals surface area contributed by atoms with E-state index in [1.54, 1.807) is 0 Å². The number of oxime groups is 2. The number of hydrogen-bond donors (Lipinski definition) is 4. The number of nitrogens with zero attached hydrogens (tertiary/aromatic N) is 2. The van der Waals surface area contributed by atoms with Gasteiger partial charge in [-0.15, -0.1) is 0 Å². The van der Waals surface area contributed by atoms with Crippen molar-refractivity contribution in [2.75, 3.05) is 0 Å². The van der Waals surface area contributed by atoms with Crippen molar-refractivity contribution in [3.63, 3.8) is 0 Å². The smallest absolute Gasteiger partial charge is 0.124 e. The largest absolute Gasteiger partial charge is 0.507 e. The molecule has 0 unspecified atom stereocenters. The van der Waals surface area contributed by atoms with Gasteiger partial charge in [-0.1, -0.05) is 33.5 Å². The number of aromatic hydroxyl groups is 2. The van der Waals surface area contributed by atoms with E-state index >= 15 is 0 Å². The quantitative estimate of drug-likeness (QED) is 0.228. The van der Waals surface area contributed by atoms with Gasteiger partial charge in [0.15, 0.2) is 0 Å². The van der Waals surface area contributed by atoms with Crippen molar-refractivity contribution in [2.45, 2.75) is 25.7 Å². The zero-order valence-electron chi connectivity index (χ0n) is 13.7. The third-order valence-electron chi connectivity index (χ3n) is 3.86. The van der Waals surface area contributed by atoms with Gasteiger partial charge in [-0.3, -0.25) is 0 Å². The molecule has 138 valence electrons. The van der Waals surface area contributed by atoms with Crippen LogP contribution in [0.3, 0.4) is 0 Å². The molecule has 0 spiro atoms. The molecule has 8 heteroatoms. The van der Waals surface area contributed by atoms with Crippen molar-refractivity contribution in [1.29, 1.82) is 0 Å². The first-order valence-electron chi connectivity index (χ1n) is 7.86. The predicted octanol–water partition coefficient (Wildman–Crippen LogP) is 5.02. The molecule has 0 aliphatic rings. The van der Waals surface area contributed by atoms with Crippen LogP contribution in [0.2, 0.25) is 10.0 Å². The molecule has 4 N–H and O–H groups in total. The van der Waals surface area contributed by atoms with Crippen molar-refractivity contribution < 1.29 is 20.6 Å². The summed E-state index contributed by atoms with van der Waals surface area (Å²) in [5, 5.41) is 45.5. The molecule has 0 aliphatic heterocycles. The highest BCUT2D eigenvalue weighted by molar-refractivity contribution is 6.31. The average Bonchev–Trinajstić information content (AvgIpc) is 2.63. The lowest BCUT2D eigenvalue weighted by molar-refractivity contribution is 0.316. The van der Waals surface area contributed by atoms with Crippen LogP contribution in [-0.2, 0) is 0 Å². The van der Waals surface area contributed by atoms with E-state index in [0.29, 0.717) is 58.3 Å². The first-order valence-corrected chi connectivity index (χ1v) is 8.61. The monoisotopic (exact) mass is 396 g/mol. The molecular weight excluding hydrogens is 379 g/mol. The zero-order valence-corrected chi connectivity index (χ0v) is 15.2. The molecule has 2 rings (SSSR count). The Hall–Kier alpha value is -2.44. The Morgan fingerprint density at radius 2 is 1.12 bits per heavy atom. The van der Waals surface area contributed by atoms with Crippen LogP contribution in [0.4, 0.5) is 0 Å². The van der Waals surface area contributed by atoms with Crippen molar-refractivity contribution >= 4 is 34.6 Å². The van der Waals surface area contributed by atoms with E-state index in [1.165, 1.54) is 36.4 Å². The van der Waals surface area contributed by atoms with Crippen LogP contribution >= 0.6 is 23.2 Å². The number of halogens is 2. The van der Waals surface area contributed by atoms with Crippen LogP contribution in [0.5, 0.6) is 11.5 Å². The Kier molecular flexibility index (Phi) is 7.12. The van der Waals surface area contributed by atoms with Crippen LogP contribution < -0.4 is 0 Å². The fourth-order valence-electron chi connectivity index (χ4n) is 2.54. The molecule has 0 heterocycles. The van der Waals surface area contributed by atoms with E-state index in [4.69, 9.17) is 23.2 Å². The minimum absolute atomic E-state index is 0.0244. The zero-order chi connectivity index (χ0) is 19.1. The summed E-state index contributed by atoms with van der Waals surface area (Å²) in [5.74, 6) is -0.0488. The van der Waals surface area contributed by atoms with Crippen LogP contribution in [-0.4, -0.2) is 32.1 Å². The number of unbranched alkanes of at least 4 members (excludes halogenated alkanes) is 1. The van der Waals surface area contributed by atoms with E-state index in [1.807, 2.05) is 0 Å². The van der Waals surface area contributed by atoms with Gasteiger partial charge in [0.25, 0.3) is 0 Å². The summed E-state index contributed by atoms with van der Waals surface area (Å²) in [5.41, 5.74) is 1.34. The Bertz CT molecular complexity index is 768. The van der Waals surface area contributed by atoms with Gasteiger partial charge in [0.2, 0.25) is 0 Å². The minimum Gasteiger partial charge on any atom is -0.507 e.